The second-order valence-corrected chi connectivity index (χ2v) is 8.54. The molecule has 1 N–H and O–H groups in total. The predicted molar refractivity (Wildman–Crippen MR) is 110 cm³/mol. The van der Waals surface area contributed by atoms with Crippen molar-refractivity contribution in [2.75, 3.05) is 11.9 Å². The number of hydrogen-bond acceptors (Lipinski definition) is 5. The van der Waals surface area contributed by atoms with Crippen molar-refractivity contribution in [2.24, 2.45) is 0 Å². The van der Waals surface area contributed by atoms with Crippen LogP contribution in [0.2, 0.25) is 0 Å². The Morgan fingerprint density at radius 1 is 1.30 bits per heavy atom. The lowest BCUT2D eigenvalue weighted by molar-refractivity contribution is -0.116. The number of thiophene rings is 1. The Hall–Kier alpha value is -1.67. The summed E-state index contributed by atoms with van der Waals surface area (Å²) in [7, 11) is 0. The van der Waals surface area contributed by atoms with Crippen molar-refractivity contribution in [3.05, 3.63) is 31.9 Å². The number of ether oxygens (including phenoxy) is 1. The highest BCUT2D eigenvalue weighted by Crippen LogP contribution is 2.38. The third-order valence-electron chi connectivity index (χ3n) is 4.75. The molecule has 2 aromatic rings. The third kappa shape index (κ3) is 4.27. The van der Waals surface area contributed by atoms with Gasteiger partial charge in [0.1, 0.15) is 5.00 Å². The van der Waals surface area contributed by atoms with Gasteiger partial charge in [-0.05, 0) is 67.9 Å². The summed E-state index contributed by atoms with van der Waals surface area (Å²) in [6, 6.07) is 0. The van der Waals surface area contributed by atoms with E-state index in [0.29, 0.717) is 30.1 Å². The Bertz CT molecular complexity index is 872. The van der Waals surface area contributed by atoms with E-state index in [1.54, 1.807) is 6.92 Å². The lowest BCUT2D eigenvalue weighted by Gasteiger charge is -2.12. The van der Waals surface area contributed by atoms with E-state index in [1.165, 1.54) is 16.2 Å². The fourth-order valence-corrected chi connectivity index (χ4v) is 4.94. The van der Waals surface area contributed by atoms with Crippen molar-refractivity contribution >= 4 is 44.1 Å². The number of amides is 1. The number of nitrogens with one attached hydrogen (secondary N) is 1. The van der Waals surface area contributed by atoms with E-state index >= 15 is 0 Å². The van der Waals surface area contributed by atoms with Gasteiger partial charge in [0.2, 0.25) is 5.91 Å². The highest BCUT2D eigenvalue weighted by Gasteiger charge is 2.27. The smallest absolute Gasteiger partial charge is 0.341 e. The number of aromatic nitrogens is 2. The summed E-state index contributed by atoms with van der Waals surface area (Å²) in [4.78, 5) is 26.2. The highest BCUT2D eigenvalue weighted by molar-refractivity contribution is 9.10. The lowest BCUT2D eigenvalue weighted by atomic mass is 9.95. The fourth-order valence-electron chi connectivity index (χ4n) is 3.36. The maximum absolute atomic E-state index is 12.5. The molecule has 0 aliphatic heterocycles. The summed E-state index contributed by atoms with van der Waals surface area (Å²) in [6.07, 6.45) is 4.31. The topological polar surface area (TPSA) is 73.2 Å². The minimum absolute atomic E-state index is 0.122. The number of fused-ring (bicyclic) bond motifs is 1. The molecule has 0 atom stereocenters. The van der Waals surface area contributed by atoms with Gasteiger partial charge in [0.25, 0.3) is 0 Å². The summed E-state index contributed by atoms with van der Waals surface area (Å²) >= 11 is 5.01. The Morgan fingerprint density at radius 2 is 2.04 bits per heavy atom. The molecule has 27 heavy (non-hydrogen) atoms. The minimum atomic E-state index is -0.338. The second-order valence-electron chi connectivity index (χ2n) is 6.64. The first-order valence-corrected chi connectivity index (χ1v) is 10.8. The Labute approximate surface area is 171 Å². The van der Waals surface area contributed by atoms with Crippen LogP contribution in [0.25, 0.3) is 0 Å². The molecular weight excluding hydrogens is 430 g/mol. The summed E-state index contributed by atoms with van der Waals surface area (Å²) in [6.45, 7) is 6.50. The van der Waals surface area contributed by atoms with Gasteiger partial charge in [-0.15, -0.1) is 11.3 Å². The molecule has 0 saturated carbocycles. The van der Waals surface area contributed by atoms with Crippen LogP contribution in [0.4, 0.5) is 5.00 Å². The number of hydrogen-bond donors (Lipinski definition) is 1. The monoisotopic (exact) mass is 453 g/mol. The van der Waals surface area contributed by atoms with Gasteiger partial charge < -0.3 is 10.1 Å². The van der Waals surface area contributed by atoms with Gasteiger partial charge in [0.05, 0.1) is 28.9 Å². The van der Waals surface area contributed by atoms with E-state index in [4.69, 9.17) is 4.74 Å². The zero-order chi connectivity index (χ0) is 19.6. The van der Waals surface area contributed by atoms with Gasteiger partial charge in [0.15, 0.2) is 0 Å². The molecule has 1 aliphatic carbocycles. The van der Waals surface area contributed by atoms with E-state index in [0.717, 1.165) is 47.1 Å². The Kier molecular flexibility index (Phi) is 6.37. The molecule has 2 aromatic heterocycles. The SMILES string of the molecule is CCOC(=O)c1c(NC(=O)CCn2nc(C)c(Br)c2C)sc2c1CCCC2. The quantitative estimate of drug-likeness (QED) is 0.657. The predicted octanol–water partition coefficient (Wildman–Crippen LogP) is 4.41. The molecule has 0 spiro atoms. The number of carbonyl (C=O) groups is 2. The summed E-state index contributed by atoms with van der Waals surface area (Å²) in [5.41, 5.74) is 3.52. The molecule has 0 bridgehead atoms. The van der Waals surface area contributed by atoms with Crippen LogP contribution in [0.5, 0.6) is 0 Å². The highest BCUT2D eigenvalue weighted by atomic mass is 79.9. The van der Waals surface area contributed by atoms with Gasteiger partial charge in [0, 0.05) is 17.0 Å². The zero-order valence-electron chi connectivity index (χ0n) is 15.9. The summed E-state index contributed by atoms with van der Waals surface area (Å²) in [5.74, 6) is -0.461. The number of halogens is 1. The van der Waals surface area contributed by atoms with E-state index in [9.17, 15) is 9.59 Å². The Morgan fingerprint density at radius 3 is 2.70 bits per heavy atom. The fraction of sp³-hybridized carbons (Fsp3) is 0.526. The third-order valence-corrected chi connectivity index (χ3v) is 7.10. The number of rotatable bonds is 6. The van der Waals surface area contributed by atoms with Crippen LogP contribution in [0.15, 0.2) is 4.47 Å². The molecular formula is C19H24BrN3O3S. The molecule has 2 heterocycles. The van der Waals surface area contributed by atoms with Crippen molar-refractivity contribution in [1.29, 1.82) is 0 Å². The minimum Gasteiger partial charge on any atom is -0.462 e. The van der Waals surface area contributed by atoms with E-state index in [2.05, 4.69) is 26.3 Å². The van der Waals surface area contributed by atoms with Crippen LogP contribution in [0, 0.1) is 13.8 Å². The summed E-state index contributed by atoms with van der Waals surface area (Å²) < 4.78 is 8.03. The van der Waals surface area contributed by atoms with Gasteiger partial charge in [-0.3, -0.25) is 9.48 Å². The van der Waals surface area contributed by atoms with Crippen molar-refractivity contribution in [3.63, 3.8) is 0 Å². The van der Waals surface area contributed by atoms with Crippen molar-refractivity contribution < 1.29 is 14.3 Å². The molecule has 0 fully saturated rings. The molecule has 0 radical (unpaired) electrons. The van der Waals surface area contributed by atoms with Crippen LogP contribution in [0.1, 0.15) is 58.4 Å². The normalized spacial score (nSPS) is 13.3. The van der Waals surface area contributed by atoms with Crippen LogP contribution < -0.4 is 5.32 Å². The second kappa shape index (κ2) is 8.56. The number of aryl methyl sites for hydroxylation is 3. The average Bonchev–Trinajstić information content (AvgIpc) is 3.12. The molecule has 146 valence electrons. The van der Waals surface area contributed by atoms with Crippen molar-refractivity contribution in [2.45, 2.75) is 59.4 Å². The van der Waals surface area contributed by atoms with Crippen LogP contribution in [-0.4, -0.2) is 28.3 Å². The Balaban J connectivity index is 1.74. The molecule has 3 rings (SSSR count). The van der Waals surface area contributed by atoms with E-state index in [-0.39, 0.29) is 11.9 Å². The first kappa shape index (κ1) is 20.1. The molecule has 1 aliphatic rings. The molecule has 6 nitrogen and oxygen atoms in total. The van der Waals surface area contributed by atoms with E-state index < -0.39 is 0 Å². The van der Waals surface area contributed by atoms with Gasteiger partial charge in [-0.25, -0.2) is 4.79 Å². The van der Waals surface area contributed by atoms with Crippen LogP contribution in [-0.2, 0) is 28.9 Å². The van der Waals surface area contributed by atoms with Gasteiger partial charge in [-0.2, -0.15) is 5.10 Å². The molecule has 1 amide bonds. The number of esters is 1. The first-order chi connectivity index (χ1) is 12.9. The molecule has 0 saturated heterocycles. The number of carbonyl (C=O) groups excluding carboxylic acids is 2. The van der Waals surface area contributed by atoms with Gasteiger partial charge in [-0.1, -0.05) is 0 Å². The van der Waals surface area contributed by atoms with Crippen LogP contribution >= 0.6 is 27.3 Å². The first-order valence-electron chi connectivity index (χ1n) is 9.23. The number of anilines is 1. The standard InChI is InChI=1S/C19H24BrN3O3S/c1-4-26-19(25)16-13-7-5-6-8-14(13)27-18(16)21-15(24)9-10-23-12(3)17(20)11(2)22-23/h4-10H2,1-3H3,(H,21,24). The number of nitrogens with zero attached hydrogens (tertiary/aromatic N) is 2. The van der Waals surface area contributed by atoms with E-state index in [1.807, 2.05) is 18.5 Å². The molecule has 8 heteroatoms. The molecule has 0 aromatic carbocycles. The molecule has 0 unspecified atom stereocenters. The maximum atomic E-state index is 12.5. The van der Waals surface area contributed by atoms with Crippen molar-refractivity contribution in [3.8, 4) is 0 Å². The summed E-state index contributed by atoms with van der Waals surface area (Å²) in [5, 5.41) is 8.00. The van der Waals surface area contributed by atoms with Crippen molar-refractivity contribution in [1.82, 2.24) is 9.78 Å². The average molecular weight is 454 g/mol. The zero-order valence-corrected chi connectivity index (χ0v) is 18.3. The lowest BCUT2D eigenvalue weighted by Crippen LogP contribution is -2.17. The van der Waals surface area contributed by atoms with Crippen LogP contribution in [0.3, 0.4) is 0 Å². The largest absolute Gasteiger partial charge is 0.462 e. The van der Waals surface area contributed by atoms with Gasteiger partial charge >= 0.3 is 5.97 Å². The maximum Gasteiger partial charge on any atom is 0.341 e.